The number of rotatable bonds is 5. The average molecular weight is 304 g/mol. The monoisotopic (exact) mass is 304 g/mol. The SMILES string of the molecule is CCOc1ccccc1NC(=O)CC(=O)N1CCCC(C)C1. The maximum Gasteiger partial charge on any atom is 0.233 e. The fraction of sp³-hybridized carbons (Fsp3) is 0.529. The Kier molecular flexibility index (Phi) is 5.81. The summed E-state index contributed by atoms with van der Waals surface area (Å²) < 4.78 is 5.46. The van der Waals surface area contributed by atoms with Crippen molar-refractivity contribution in [3.8, 4) is 5.75 Å². The van der Waals surface area contributed by atoms with Crippen LogP contribution in [0, 0.1) is 5.92 Å². The summed E-state index contributed by atoms with van der Waals surface area (Å²) in [5.74, 6) is 0.741. The molecule has 0 saturated carbocycles. The number of benzene rings is 1. The summed E-state index contributed by atoms with van der Waals surface area (Å²) in [6.45, 7) is 6.06. The van der Waals surface area contributed by atoms with Crippen molar-refractivity contribution in [2.45, 2.75) is 33.1 Å². The summed E-state index contributed by atoms with van der Waals surface area (Å²) >= 11 is 0. The van der Waals surface area contributed by atoms with E-state index in [1.54, 1.807) is 17.0 Å². The van der Waals surface area contributed by atoms with E-state index in [0.717, 1.165) is 25.9 Å². The number of hydrogen-bond donors (Lipinski definition) is 1. The molecule has 5 heteroatoms. The summed E-state index contributed by atoms with van der Waals surface area (Å²) in [6, 6.07) is 7.25. The molecular formula is C17H24N2O3. The molecule has 1 aliphatic rings. The average Bonchev–Trinajstić information content (AvgIpc) is 2.49. The Bertz CT molecular complexity index is 530. The summed E-state index contributed by atoms with van der Waals surface area (Å²) in [7, 11) is 0. The summed E-state index contributed by atoms with van der Waals surface area (Å²) in [4.78, 5) is 26.1. The number of hydrogen-bond acceptors (Lipinski definition) is 3. The fourth-order valence-corrected chi connectivity index (χ4v) is 2.71. The molecule has 1 fully saturated rings. The summed E-state index contributed by atoms with van der Waals surface area (Å²) in [6.07, 6.45) is 2.05. The second kappa shape index (κ2) is 7.82. The van der Waals surface area contributed by atoms with E-state index in [2.05, 4.69) is 12.2 Å². The highest BCUT2D eigenvalue weighted by Gasteiger charge is 2.22. The molecule has 0 spiro atoms. The number of piperidine rings is 1. The molecule has 5 nitrogen and oxygen atoms in total. The van der Waals surface area contributed by atoms with Gasteiger partial charge in [0.1, 0.15) is 12.2 Å². The molecule has 22 heavy (non-hydrogen) atoms. The molecule has 2 amide bonds. The van der Waals surface area contributed by atoms with E-state index < -0.39 is 0 Å². The number of para-hydroxylation sites is 2. The molecule has 1 aliphatic heterocycles. The van der Waals surface area contributed by atoms with Gasteiger partial charge in [0.2, 0.25) is 11.8 Å². The Hall–Kier alpha value is -2.04. The molecule has 1 N–H and O–H groups in total. The molecule has 120 valence electrons. The van der Waals surface area contributed by atoms with Gasteiger partial charge in [-0.15, -0.1) is 0 Å². The van der Waals surface area contributed by atoms with Crippen molar-refractivity contribution in [2.24, 2.45) is 5.92 Å². The number of nitrogens with zero attached hydrogens (tertiary/aromatic N) is 1. The predicted molar refractivity (Wildman–Crippen MR) is 85.8 cm³/mol. The third-order valence-electron chi connectivity index (χ3n) is 3.78. The smallest absolute Gasteiger partial charge is 0.233 e. The van der Waals surface area contributed by atoms with Crippen LogP contribution in [0.3, 0.4) is 0 Å². The number of likely N-dealkylation sites (tertiary alicyclic amines) is 1. The van der Waals surface area contributed by atoms with Crippen LogP contribution in [0.1, 0.15) is 33.1 Å². The Morgan fingerprint density at radius 3 is 2.86 bits per heavy atom. The zero-order chi connectivity index (χ0) is 15.9. The van der Waals surface area contributed by atoms with E-state index in [0.29, 0.717) is 24.0 Å². The number of carbonyl (C=O) groups is 2. The lowest BCUT2D eigenvalue weighted by Crippen LogP contribution is -2.40. The molecule has 1 atom stereocenters. The Balaban J connectivity index is 1.91. The number of nitrogens with one attached hydrogen (secondary N) is 1. The van der Waals surface area contributed by atoms with Gasteiger partial charge in [0.25, 0.3) is 0 Å². The molecule has 1 unspecified atom stereocenters. The third kappa shape index (κ3) is 4.48. The van der Waals surface area contributed by atoms with Gasteiger partial charge in [-0.2, -0.15) is 0 Å². The first kappa shape index (κ1) is 16.3. The lowest BCUT2D eigenvalue weighted by molar-refractivity contribution is -0.136. The van der Waals surface area contributed by atoms with E-state index in [1.807, 2.05) is 19.1 Å². The van der Waals surface area contributed by atoms with Gasteiger partial charge in [0.05, 0.1) is 12.3 Å². The molecule has 0 aromatic heterocycles. The van der Waals surface area contributed by atoms with Crippen molar-refractivity contribution in [3.05, 3.63) is 24.3 Å². The lowest BCUT2D eigenvalue weighted by Gasteiger charge is -2.30. The number of amides is 2. The second-order valence-corrected chi connectivity index (χ2v) is 5.74. The maximum absolute atomic E-state index is 12.2. The van der Waals surface area contributed by atoms with Gasteiger partial charge in [-0.1, -0.05) is 19.1 Å². The zero-order valence-electron chi connectivity index (χ0n) is 13.3. The maximum atomic E-state index is 12.2. The van der Waals surface area contributed by atoms with Crippen LogP contribution in [0.15, 0.2) is 24.3 Å². The zero-order valence-corrected chi connectivity index (χ0v) is 13.3. The molecule has 2 rings (SSSR count). The topological polar surface area (TPSA) is 58.6 Å². The molecule has 0 aliphatic carbocycles. The van der Waals surface area contributed by atoms with Gasteiger partial charge in [-0.05, 0) is 37.8 Å². The molecular weight excluding hydrogens is 280 g/mol. The standard InChI is InChI=1S/C17H24N2O3/c1-3-22-15-9-5-4-8-14(15)18-16(20)11-17(21)19-10-6-7-13(2)12-19/h4-5,8-9,13H,3,6-7,10-12H2,1-2H3,(H,18,20). The van der Waals surface area contributed by atoms with E-state index in [1.165, 1.54) is 0 Å². The highest BCUT2D eigenvalue weighted by Crippen LogP contribution is 2.24. The second-order valence-electron chi connectivity index (χ2n) is 5.74. The van der Waals surface area contributed by atoms with Crippen molar-refractivity contribution in [2.75, 3.05) is 25.0 Å². The van der Waals surface area contributed by atoms with Gasteiger partial charge in [0, 0.05) is 13.1 Å². The molecule has 0 bridgehead atoms. The van der Waals surface area contributed by atoms with Crippen molar-refractivity contribution >= 4 is 17.5 Å². The summed E-state index contributed by atoms with van der Waals surface area (Å²) in [5.41, 5.74) is 0.606. The van der Waals surface area contributed by atoms with Gasteiger partial charge in [-0.25, -0.2) is 0 Å². The predicted octanol–water partition coefficient (Wildman–Crippen LogP) is 2.67. The molecule has 1 saturated heterocycles. The Labute approximate surface area is 131 Å². The highest BCUT2D eigenvalue weighted by molar-refractivity contribution is 6.04. The van der Waals surface area contributed by atoms with E-state index in [4.69, 9.17) is 4.74 Å². The van der Waals surface area contributed by atoms with Gasteiger partial charge >= 0.3 is 0 Å². The van der Waals surface area contributed by atoms with Crippen molar-refractivity contribution in [1.29, 1.82) is 0 Å². The van der Waals surface area contributed by atoms with Crippen LogP contribution in [-0.4, -0.2) is 36.4 Å². The summed E-state index contributed by atoms with van der Waals surface area (Å²) in [5, 5.41) is 2.77. The first-order chi connectivity index (χ1) is 10.6. The first-order valence-electron chi connectivity index (χ1n) is 7.89. The van der Waals surface area contributed by atoms with Gasteiger partial charge in [-0.3, -0.25) is 9.59 Å². The number of anilines is 1. The normalized spacial score (nSPS) is 17.9. The largest absolute Gasteiger partial charge is 0.492 e. The van der Waals surface area contributed by atoms with Crippen LogP contribution in [0.2, 0.25) is 0 Å². The Morgan fingerprint density at radius 2 is 2.14 bits per heavy atom. The van der Waals surface area contributed by atoms with E-state index in [-0.39, 0.29) is 18.2 Å². The van der Waals surface area contributed by atoms with Crippen LogP contribution >= 0.6 is 0 Å². The number of carbonyl (C=O) groups excluding carboxylic acids is 2. The quantitative estimate of drug-likeness (QED) is 0.851. The van der Waals surface area contributed by atoms with Crippen molar-refractivity contribution < 1.29 is 14.3 Å². The fourth-order valence-electron chi connectivity index (χ4n) is 2.71. The van der Waals surface area contributed by atoms with Crippen molar-refractivity contribution in [1.82, 2.24) is 4.90 Å². The van der Waals surface area contributed by atoms with Crippen LogP contribution in [-0.2, 0) is 9.59 Å². The number of ether oxygens (including phenoxy) is 1. The molecule has 0 radical (unpaired) electrons. The minimum Gasteiger partial charge on any atom is -0.492 e. The molecule has 1 aromatic rings. The first-order valence-corrected chi connectivity index (χ1v) is 7.89. The van der Waals surface area contributed by atoms with Gasteiger partial charge in [0.15, 0.2) is 0 Å². The van der Waals surface area contributed by atoms with Crippen LogP contribution in [0.5, 0.6) is 5.75 Å². The van der Waals surface area contributed by atoms with E-state index >= 15 is 0 Å². The minimum atomic E-state index is -0.296. The third-order valence-corrected chi connectivity index (χ3v) is 3.78. The van der Waals surface area contributed by atoms with E-state index in [9.17, 15) is 9.59 Å². The minimum absolute atomic E-state index is 0.0991. The van der Waals surface area contributed by atoms with Crippen LogP contribution in [0.25, 0.3) is 0 Å². The highest BCUT2D eigenvalue weighted by atomic mass is 16.5. The lowest BCUT2D eigenvalue weighted by atomic mass is 10.00. The Morgan fingerprint density at radius 1 is 1.36 bits per heavy atom. The van der Waals surface area contributed by atoms with Crippen LogP contribution < -0.4 is 10.1 Å². The molecule has 1 heterocycles. The van der Waals surface area contributed by atoms with Crippen molar-refractivity contribution in [3.63, 3.8) is 0 Å². The molecule has 1 aromatic carbocycles. The van der Waals surface area contributed by atoms with Crippen LogP contribution in [0.4, 0.5) is 5.69 Å². The van der Waals surface area contributed by atoms with Gasteiger partial charge < -0.3 is 15.0 Å².